The molecule has 0 aromatic heterocycles. The van der Waals surface area contributed by atoms with E-state index in [0.717, 1.165) is 32.0 Å². The van der Waals surface area contributed by atoms with Crippen molar-refractivity contribution in [2.45, 2.75) is 13.5 Å². The Morgan fingerprint density at radius 3 is 2.38 bits per heavy atom. The molecule has 4 nitrogen and oxygen atoms in total. The van der Waals surface area contributed by atoms with Gasteiger partial charge in [0.25, 0.3) is 0 Å². The van der Waals surface area contributed by atoms with Crippen LogP contribution in [-0.2, 0) is 11.3 Å². The van der Waals surface area contributed by atoms with Crippen LogP contribution in [0, 0.1) is 6.92 Å². The molecule has 2 aromatic carbocycles. The first-order chi connectivity index (χ1) is 11.7. The van der Waals surface area contributed by atoms with E-state index < -0.39 is 0 Å². The summed E-state index contributed by atoms with van der Waals surface area (Å²) in [5.74, 6) is 0. The van der Waals surface area contributed by atoms with E-state index >= 15 is 0 Å². The van der Waals surface area contributed by atoms with Crippen molar-refractivity contribution in [3.8, 4) is 0 Å². The number of thiocarbonyl (C=S) groups is 1. The molecular weight excluding hydrogens is 318 g/mol. The molecule has 126 valence electrons. The zero-order valence-corrected chi connectivity index (χ0v) is 14.7. The molecule has 1 aliphatic rings. The predicted molar refractivity (Wildman–Crippen MR) is 104 cm³/mol. The molecule has 2 aromatic rings. The summed E-state index contributed by atoms with van der Waals surface area (Å²) in [6.07, 6.45) is 0. The smallest absolute Gasteiger partial charge is 0.171 e. The number of rotatable bonds is 4. The summed E-state index contributed by atoms with van der Waals surface area (Å²) in [5.41, 5.74) is 4.70. The zero-order valence-electron chi connectivity index (χ0n) is 13.9. The summed E-state index contributed by atoms with van der Waals surface area (Å²) in [6.45, 7) is 6.32. The van der Waals surface area contributed by atoms with E-state index in [1.807, 2.05) is 12.1 Å². The Labute approximate surface area is 148 Å². The van der Waals surface area contributed by atoms with Crippen LogP contribution in [0.2, 0.25) is 0 Å². The fourth-order valence-corrected chi connectivity index (χ4v) is 2.83. The maximum Gasteiger partial charge on any atom is 0.171 e. The summed E-state index contributed by atoms with van der Waals surface area (Å²) in [6, 6.07) is 16.8. The van der Waals surface area contributed by atoms with Crippen molar-refractivity contribution < 1.29 is 4.74 Å². The van der Waals surface area contributed by atoms with Crippen LogP contribution in [0.1, 0.15) is 11.1 Å². The fraction of sp³-hybridized carbons (Fsp3) is 0.316. The molecule has 2 N–H and O–H groups in total. The van der Waals surface area contributed by atoms with Gasteiger partial charge in [0.1, 0.15) is 0 Å². The average Bonchev–Trinajstić information content (AvgIpc) is 2.63. The van der Waals surface area contributed by atoms with Crippen molar-refractivity contribution in [3.63, 3.8) is 0 Å². The molecule has 0 atom stereocenters. The molecule has 1 heterocycles. The molecule has 0 unspecified atom stereocenters. The molecule has 1 aliphatic heterocycles. The number of nitrogens with one attached hydrogen (secondary N) is 2. The van der Waals surface area contributed by atoms with Gasteiger partial charge in [0.2, 0.25) is 0 Å². The summed E-state index contributed by atoms with van der Waals surface area (Å²) in [7, 11) is 0. The van der Waals surface area contributed by atoms with Crippen LogP contribution >= 0.6 is 12.2 Å². The maximum absolute atomic E-state index is 5.39. The number of hydrogen-bond donors (Lipinski definition) is 2. The molecule has 0 amide bonds. The number of benzene rings is 2. The first kappa shape index (κ1) is 16.7. The SMILES string of the molecule is Cc1ccc(NC(=S)NCc2ccc(N3CCOCC3)cc2)cc1. The van der Waals surface area contributed by atoms with Gasteiger partial charge >= 0.3 is 0 Å². The van der Waals surface area contributed by atoms with Gasteiger partial charge in [-0.2, -0.15) is 0 Å². The number of hydrogen-bond acceptors (Lipinski definition) is 3. The Balaban J connectivity index is 1.49. The monoisotopic (exact) mass is 341 g/mol. The molecule has 1 fully saturated rings. The van der Waals surface area contributed by atoms with Crippen molar-refractivity contribution in [3.05, 3.63) is 59.7 Å². The molecule has 1 saturated heterocycles. The van der Waals surface area contributed by atoms with Gasteiger partial charge in [0.05, 0.1) is 13.2 Å². The molecule has 0 saturated carbocycles. The lowest BCUT2D eigenvalue weighted by atomic mass is 10.2. The second-order valence-electron chi connectivity index (χ2n) is 5.94. The van der Waals surface area contributed by atoms with Gasteiger partial charge in [0, 0.05) is 31.0 Å². The number of morpholine rings is 1. The van der Waals surface area contributed by atoms with Gasteiger partial charge in [-0.1, -0.05) is 29.8 Å². The fourth-order valence-electron chi connectivity index (χ4n) is 2.64. The highest BCUT2D eigenvalue weighted by Crippen LogP contribution is 2.16. The Morgan fingerprint density at radius 1 is 1.04 bits per heavy atom. The average molecular weight is 341 g/mol. The van der Waals surface area contributed by atoms with Crippen LogP contribution in [0.25, 0.3) is 0 Å². The summed E-state index contributed by atoms with van der Waals surface area (Å²) in [4.78, 5) is 2.35. The van der Waals surface area contributed by atoms with Gasteiger partial charge in [-0.25, -0.2) is 0 Å². The van der Waals surface area contributed by atoms with Gasteiger partial charge < -0.3 is 20.3 Å². The standard InChI is InChI=1S/C19H23N3OS/c1-15-2-6-17(7-3-15)21-19(24)20-14-16-4-8-18(9-5-16)22-10-12-23-13-11-22/h2-9H,10-14H2,1H3,(H2,20,21,24). The number of aryl methyl sites for hydroxylation is 1. The topological polar surface area (TPSA) is 36.5 Å². The van der Waals surface area contributed by atoms with Gasteiger partial charge in [0.15, 0.2) is 5.11 Å². The minimum atomic E-state index is 0.635. The Kier molecular flexibility index (Phi) is 5.67. The van der Waals surface area contributed by atoms with Crippen molar-refractivity contribution >= 4 is 28.7 Å². The molecule has 5 heteroatoms. The Bertz CT molecular complexity index is 664. The van der Waals surface area contributed by atoms with E-state index in [1.54, 1.807) is 0 Å². The van der Waals surface area contributed by atoms with E-state index in [2.05, 4.69) is 58.9 Å². The minimum absolute atomic E-state index is 0.635. The highest BCUT2D eigenvalue weighted by molar-refractivity contribution is 7.80. The van der Waals surface area contributed by atoms with Crippen LogP contribution < -0.4 is 15.5 Å². The molecule has 0 radical (unpaired) electrons. The first-order valence-electron chi connectivity index (χ1n) is 8.24. The summed E-state index contributed by atoms with van der Waals surface area (Å²) < 4.78 is 5.39. The van der Waals surface area contributed by atoms with Crippen molar-refractivity contribution in [2.24, 2.45) is 0 Å². The van der Waals surface area contributed by atoms with Crippen LogP contribution in [0.5, 0.6) is 0 Å². The lowest BCUT2D eigenvalue weighted by molar-refractivity contribution is 0.122. The second kappa shape index (κ2) is 8.13. The first-order valence-corrected chi connectivity index (χ1v) is 8.65. The highest BCUT2D eigenvalue weighted by Gasteiger charge is 2.10. The van der Waals surface area contributed by atoms with Crippen molar-refractivity contribution in [2.75, 3.05) is 36.5 Å². The molecule has 0 bridgehead atoms. The molecule has 0 spiro atoms. The third-order valence-corrected chi connectivity index (χ3v) is 4.32. The van der Waals surface area contributed by atoms with Crippen LogP contribution in [-0.4, -0.2) is 31.4 Å². The lowest BCUT2D eigenvalue weighted by Gasteiger charge is -2.28. The van der Waals surface area contributed by atoms with E-state index in [4.69, 9.17) is 17.0 Å². The van der Waals surface area contributed by atoms with Crippen molar-refractivity contribution in [1.82, 2.24) is 5.32 Å². The van der Waals surface area contributed by atoms with Gasteiger partial charge in [-0.3, -0.25) is 0 Å². The summed E-state index contributed by atoms with van der Waals surface area (Å²) >= 11 is 5.35. The van der Waals surface area contributed by atoms with E-state index in [-0.39, 0.29) is 0 Å². The second-order valence-corrected chi connectivity index (χ2v) is 6.35. The normalized spacial score (nSPS) is 14.3. The molecular formula is C19H23N3OS. The van der Waals surface area contributed by atoms with E-state index in [9.17, 15) is 0 Å². The Hall–Kier alpha value is -2.11. The predicted octanol–water partition coefficient (Wildman–Crippen LogP) is 3.32. The van der Waals surface area contributed by atoms with Crippen LogP contribution in [0.15, 0.2) is 48.5 Å². The van der Waals surface area contributed by atoms with Gasteiger partial charge in [-0.05, 0) is 49.0 Å². The zero-order chi connectivity index (χ0) is 16.8. The minimum Gasteiger partial charge on any atom is -0.378 e. The van der Waals surface area contributed by atoms with Crippen LogP contribution in [0.3, 0.4) is 0 Å². The number of anilines is 2. The lowest BCUT2D eigenvalue weighted by Crippen LogP contribution is -2.36. The van der Waals surface area contributed by atoms with E-state index in [1.165, 1.54) is 16.8 Å². The third-order valence-electron chi connectivity index (χ3n) is 4.08. The quantitative estimate of drug-likeness (QED) is 0.835. The molecule has 0 aliphatic carbocycles. The Morgan fingerprint density at radius 2 is 1.71 bits per heavy atom. The number of ether oxygens (including phenoxy) is 1. The van der Waals surface area contributed by atoms with Crippen molar-refractivity contribution in [1.29, 1.82) is 0 Å². The third kappa shape index (κ3) is 4.69. The summed E-state index contributed by atoms with van der Waals surface area (Å²) in [5, 5.41) is 7.08. The highest BCUT2D eigenvalue weighted by atomic mass is 32.1. The van der Waals surface area contributed by atoms with Crippen LogP contribution in [0.4, 0.5) is 11.4 Å². The largest absolute Gasteiger partial charge is 0.378 e. The maximum atomic E-state index is 5.39. The number of nitrogens with zero attached hydrogens (tertiary/aromatic N) is 1. The molecule has 24 heavy (non-hydrogen) atoms. The molecule has 3 rings (SSSR count). The van der Waals surface area contributed by atoms with Gasteiger partial charge in [-0.15, -0.1) is 0 Å². The van der Waals surface area contributed by atoms with E-state index in [0.29, 0.717) is 11.7 Å².